The molecule has 3 amide bonds. The molecule has 1 saturated heterocycles. The number of esters is 1. The number of amides is 3. The van der Waals surface area contributed by atoms with Crippen molar-refractivity contribution < 1.29 is 23.9 Å². The van der Waals surface area contributed by atoms with Crippen LogP contribution in [0.1, 0.15) is 66.8 Å². The Morgan fingerprint density at radius 2 is 1.40 bits per heavy atom. The Hall–Kier alpha value is -3.78. The number of hydrogen-bond donors (Lipinski definition) is 1. The third-order valence-corrected chi connectivity index (χ3v) is 9.32. The summed E-state index contributed by atoms with van der Waals surface area (Å²) in [5.74, 6) is -3.57. The van der Waals surface area contributed by atoms with E-state index in [0.29, 0.717) is 12.1 Å². The van der Waals surface area contributed by atoms with Gasteiger partial charge in [0.1, 0.15) is 6.04 Å². The summed E-state index contributed by atoms with van der Waals surface area (Å²) in [7, 11) is 0. The summed E-state index contributed by atoms with van der Waals surface area (Å²) in [6, 6.07) is 20.5. The summed E-state index contributed by atoms with van der Waals surface area (Å²) < 4.78 is 6.39. The summed E-state index contributed by atoms with van der Waals surface area (Å²) in [6.07, 6.45) is 0.960. The number of rotatable bonds is 8. The van der Waals surface area contributed by atoms with Crippen LogP contribution in [0.2, 0.25) is 0 Å². The molecular formula is C34H33BrN2O5. The summed E-state index contributed by atoms with van der Waals surface area (Å²) in [5, 5.41) is 2.81. The zero-order valence-corrected chi connectivity index (χ0v) is 25.4. The molecule has 2 bridgehead atoms. The van der Waals surface area contributed by atoms with Gasteiger partial charge in [0.25, 0.3) is 5.91 Å². The second-order valence-corrected chi connectivity index (χ2v) is 12.7. The predicted molar refractivity (Wildman–Crippen MR) is 162 cm³/mol. The molecule has 1 fully saturated rings. The summed E-state index contributed by atoms with van der Waals surface area (Å²) in [4.78, 5) is 55.8. The number of carbonyl (C=O) groups excluding carboxylic acids is 4. The molecule has 0 aromatic heterocycles. The van der Waals surface area contributed by atoms with Crippen LogP contribution in [0.15, 0.2) is 71.2 Å². The van der Waals surface area contributed by atoms with Crippen molar-refractivity contribution in [3.8, 4) is 0 Å². The van der Waals surface area contributed by atoms with E-state index in [1.54, 1.807) is 6.07 Å². The highest BCUT2D eigenvalue weighted by molar-refractivity contribution is 9.10. The normalized spacial score (nSPS) is 22.5. The number of aryl methyl sites for hydroxylation is 1. The molecule has 0 saturated carbocycles. The van der Waals surface area contributed by atoms with Crippen molar-refractivity contribution in [1.82, 2.24) is 4.90 Å². The van der Waals surface area contributed by atoms with E-state index in [4.69, 9.17) is 4.74 Å². The van der Waals surface area contributed by atoms with Gasteiger partial charge in [0.2, 0.25) is 11.8 Å². The van der Waals surface area contributed by atoms with E-state index in [9.17, 15) is 19.2 Å². The first kappa shape index (κ1) is 28.3. The van der Waals surface area contributed by atoms with E-state index >= 15 is 0 Å². The minimum atomic E-state index is -1.10. The number of anilines is 1. The molecule has 7 rings (SSSR count). The first-order valence-corrected chi connectivity index (χ1v) is 15.3. The first-order valence-electron chi connectivity index (χ1n) is 14.5. The molecule has 3 atom stereocenters. The Balaban J connectivity index is 1.26. The van der Waals surface area contributed by atoms with Crippen LogP contribution in [-0.2, 0) is 30.3 Å². The highest BCUT2D eigenvalue weighted by Gasteiger charge is 2.63. The molecular weight excluding hydrogens is 596 g/mol. The topological polar surface area (TPSA) is 92.8 Å². The highest BCUT2D eigenvalue weighted by atomic mass is 79.9. The molecule has 1 N–H and O–H groups in total. The van der Waals surface area contributed by atoms with Gasteiger partial charge in [-0.1, -0.05) is 85.2 Å². The Bertz CT molecular complexity index is 1480. The maximum Gasteiger partial charge on any atom is 0.329 e. The fraction of sp³-hybridized carbons (Fsp3) is 0.353. The molecule has 3 aromatic carbocycles. The number of halogens is 1. The van der Waals surface area contributed by atoms with Crippen molar-refractivity contribution in [2.24, 2.45) is 17.8 Å². The minimum Gasteiger partial charge on any atom is -0.454 e. The van der Waals surface area contributed by atoms with Gasteiger partial charge in [-0.25, -0.2) is 4.79 Å². The van der Waals surface area contributed by atoms with Crippen molar-refractivity contribution >= 4 is 45.3 Å². The lowest BCUT2D eigenvalue weighted by Gasteiger charge is -2.45. The van der Waals surface area contributed by atoms with E-state index in [-0.39, 0.29) is 36.0 Å². The largest absolute Gasteiger partial charge is 0.454 e. The Morgan fingerprint density at radius 1 is 0.881 bits per heavy atom. The summed E-state index contributed by atoms with van der Waals surface area (Å²) in [5.41, 5.74) is 5.88. The average molecular weight is 630 g/mol. The lowest BCUT2D eigenvalue weighted by Crippen LogP contribution is -2.47. The van der Waals surface area contributed by atoms with Crippen LogP contribution in [0, 0.1) is 17.8 Å². The highest BCUT2D eigenvalue weighted by Crippen LogP contribution is 2.61. The Labute approximate surface area is 253 Å². The van der Waals surface area contributed by atoms with E-state index in [0.717, 1.165) is 37.2 Å². The zero-order valence-electron chi connectivity index (χ0n) is 23.8. The summed E-state index contributed by atoms with van der Waals surface area (Å²) in [6.45, 7) is 5.33. The van der Waals surface area contributed by atoms with Gasteiger partial charge in [-0.15, -0.1) is 0 Å². The number of benzene rings is 3. The molecule has 4 aliphatic rings. The molecule has 42 heavy (non-hydrogen) atoms. The van der Waals surface area contributed by atoms with E-state index < -0.39 is 36.4 Å². The van der Waals surface area contributed by atoms with Crippen molar-refractivity contribution in [3.05, 3.63) is 99.0 Å². The number of ether oxygens (including phenoxy) is 1. The van der Waals surface area contributed by atoms with Crippen LogP contribution in [0.25, 0.3) is 0 Å². The van der Waals surface area contributed by atoms with Crippen molar-refractivity contribution in [1.29, 1.82) is 0 Å². The number of nitrogens with one attached hydrogen (secondary N) is 1. The van der Waals surface area contributed by atoms with Crippen LogP contribution in [0.3, 0.4) is 0 Å². The monoisotopic (exact) mass is 628 g/mol. The van der Waals surface area contributed by atoms with Gasteiger partial charge >= 0.3 is 5.97 Å². The van der Waals surface area contributed by atoms with Crippen LogP contribution >= 0.6 is 15.9 Å². The SMILES string of the molecule is CCc1cc(Br)ccc1NC(=O)COC(=O)[C@H](CC(C)C)N1C(=O)[C@H]2C3c4ccccc4C(c4ccccc43)[C@@H]2C1=O. The molecule has 1 heterocycles. The van der Waals surface area contributed by atoms with Crippen LogP contribution in [0.4, 0.5) is 5.69 Å². The lowest BCUT2D eigenvalue weighted by molar-refractivity contribution is -0.160. The van der Waals surface area contributed by atoms with Crippen LogP contribution < -0.4 is 5.32 Å². The minimum absolute atomic E-state index is 0.000555. The smallest absolute Gasteiger partial charge is 0.329 e. The zero-order chi connectivity index (χ0) is 29.7. The number of carbonyl (C=O) groups is 4. The van der Waals surface area contributed by atoms with Gasteiger partial charge in [-0.3, -0.25) is 19.3 Å². The van der Waals surface area contributed by atoms with Crippen molar-refractivity contribution in [3.63, 3.8) is 0 Å². The van der Waals surface area contributed by atoms with E-state index in [1.165, 1.54) is 0 Å². The van der Waals surface area contributed by atoms with Crippen molar-refractivity contribution in [2.75, 3.05) is 11.9 Å². The molecule has 0 spiro atoms. The second-order valence-electron chi connectivity index (χ2n) is 11.8. The Kier molecular flexibility index (Phi) is 7.51. The molecule has 0 unspecified atom stereocenters. The third-order valence-electron chi connectivity index (χ3n) is 8.83. The number of imide groups is 1. The van der Waals surface area contributed by atoms with E-state index in [1.807, 2.05) is 81.4 Å². The molecule has 3 aromatic rings. The quantitative estimate of drug-likeness (QED) is 0.251. The van der Waals surface area contributed by atoms with E-state index in [2.05, 4.69) is 21.2 Å². The number of nitrogens with zero attached hydrogens (tertiary/aromatic N) is 1. The van der Waals surface area contributed by atoms with Gasteiger partial charge in [0.05, 0.1) is 11.8 Å². The molecule has 3 aliphatic carbocycles. The maximum atomic E-state index is 14.2. The molecule has 0 radical (unpaired) electrons. The first-order chi connectivity index (χ1) is 20.2. The average Bonchev–Trinajstić information content (AvgIpc) is 3.25. The van der Waals surface area contributed by atoms with Crippen LogP contribution in [-0.4, -0.2) is 41.2 Å². The fourth-order valence-electron chi connectivity index (χ4n) is 7.16. The number of likely N-dealkylation sites (tertiary alicyclic amines) is 1. The molecule has 8 heteroatoms. The third kappa shape index (κ3) is 4.66. The van der Waals surface area contributed by atoms with Gasteiger partial charge in [-0.05, 0) is 64.8 Å². The van der Waals surface area contributed by atoms with Crippen LogP contribution in [0.5, 0.6) is 0 Å². The lowest BCUT2D eigenvalue weighted by atomic mass is 9.55. The number of hydrogen-bond acceptors (Lipinski definition) is 5. The maximum absolute atomic E-state index is 14.2. The second kappa shape index (κ2) is 11.1. The van der Waals surface area contributed by atoms with Gasteiger partial charge in [-0.2, -0.15) is 0 Å². The molecule has 1 aliphatic heterocycles. The summed E-state index contributed by atoms with van der Waals surface area (Å²) >= 11 is 3.44. The van der Waals surface area contributed by atoms with Crippen molar-refractivity contribution in [2.45, 2.75) is 51.5 Å². The molecule has 216 valence electrons. The van der Waals surface area contributed by atoms with Gasteiger partial charge in [0.15, 0.2) is 6.61 Å². The Morgan fingerprint density at radius 3 is 1.88 bits per heavy atom. The standard InChI is InChI=1S/C34H33BrN2O5/c1-4-19-16-20(35)13-14-25(19)36-27(38)17-42-34(41)26(15-18(2)3)37-32(39)30-28-21-9-5-6-10-22(21)29(31(30)33(37)40)24-12-8-7-11-23(24)28/h5-14,16,18,26,28-31H,4,15,17H2,1-3H3,(H,36,38)/t26-,28?,29?,30-,31-/m0/s1. The predicted octanol–water partition coefficient (Wildman–Crippen LogP) is 5.80. The fourth-order valence-corrected chi connectivity index (χ4v) is 7.57. The molecule has 7 nitrogen and oxygen atoms in total. The van der Waals surface area contributed by atoms with Gasteiger partial charge < -0.3 is 10.1 Å². The van der Waals surface area contributed by atoms with Gasteiger partial charge in [0, 0.05) is 22.0 Å².